The Labute approximate surface area is 234 Å². The summed E-state index contributed by atoms with van der Waals surface area (Å²) >= 11 is 1.67. The molecule has 202 valence electrons. The molecule has 6 rings (SSSR count). The molecule has 1 unspecified atom stereocenters. The number of piperidine rings is 1. The first-order valence-electron chi connectivity index (χ1n) is 14.2. The number of ether oxygens (including phenoxy) is 2. The monoisotopic (exact) mass is 540 g/mol. The van der Waals surface area contributed by atoms with Gasteiger partial charge in [0.2, 0.25) is 0 Å². The van der Waals surface area contributed by atoms with Crippen LogP contribution in [0.1, 0.15) is 48.0 Å². The Bertz CT molecular complexity index is 1390. The van der Waals surface area contributed by atoms with E-state index < -0.39 is 0 Å². The van der Waals surface area contributed by atoms with Gasteiger partial charge in [-0.2, -0.15) is 0 Å². The van der Waals surface area contributed by atoms with E-state index in [1.165, 1.54) is 38.8 Å². The number of nitrogens with one attached hydrogen (secondary N) is 1. The molecule has 0 saturated carbocycles. The summed E-state index contributed by atoms with van der Waals surface area (Å²) in [6.07, 6.45) is 6.22. The Balaban J connectivity index is 1.18. The van der Waals surface area contributed by atoms with Crippen LogP contribution in [0.3, 0.4) is 0 Å². The lowest BCUT2D eigenvalue weighted by Gasteiger charge is -2.23. The molecule has 1 atom stereocenters. The minimum Gasteiger partial charge on any atom is -0.492 e. The maximum Gasteiger partial charge on any atom is 0.195 e. The number of rotatable bonds is 10. The molecule has 0 spiro atoms. The smallest absolute Gasteiger partial charge is 0.195 e. The molecular formula is C33H36N2O3S. The molecule has 0 radical (unpaired) electrons. The van der Waals surface area contributed by atoms with E-state index in [-0.39, 0.29) is 5.78 Å². The van der Waals surface area contributed by atoms with Gasteiger partial charge in [-0.25, -0.2) is 0 Å². The van der Waals surface area contributed by atoms with Crippen molar-refractivity contribution in [3.8, 4) is 21.9 Å². The van der Waals surface area contributed by atoms with Crippen LogP contribution in [0.15, 0.2) is 72.8 Å². The SMILES string of the molecule is O=C(c1ccc(OCC2CCCCN2)cc1)c1c(-c2ccc(OCCN3CCCC3)cc2)sc2ccccc12. The molecular weight excluding hydrogens is 504 g/mol. The van der Waals surface area contributed by atoms with Crippen molar-refractivity contribution in [2.45, 2.75) is 38.1 Å². The molecule has 2 fully saturated rings. The number of carbonyl (C=O) groups is 1. The highest BCUT2D eigenvalue weighted by atomic mass is 32.1. The quantitative estimate of drug-likeness (QED) is 0.224. The second-order valence-corrected chi connectivity index (χ2v) is 11.6. The molecule has 3 heterocycles. The van der Waals surface area contributed by atoms with Gasteiger partial charge in [0.25, 0.3) is 0 Å². The molecule has 5 nitrogen and oxygen atoms in total. The largest absolute Gasteiger partial charge is 0.492 e. The first-order chi connectivity index (χ1) is 19.2. The molecule has 2 aliphatic rings. The van der Waals surface area contributed by atoms with Crippen LogP contribution in [0.2, 0.25) is 0 Å². The third-order valence-corrected chi connectivity index (χ3v) is 9.01. The van der Waals surface area contributed by atoms with Gasteiger partial charge < -0.3 is 14.8 Å². The molecule has 1 aromatic heterocycles. The van der Waals surface area contributed by atoms with E-state index in [4.69, 9.17) is 9.47 Å². The maximum absolute atomic E-state index is 13.9. The van der Waals surface area contributed by atoms with Crippen LogP contribution in [-0.2, 0) is 0 Å². The number of carbonyl (C=O) groups excluding carboxylic acids is 1. The number of fused-ring (bicyclic) bond motifs is 1. The normalized spacial score (nSPS) is 17.9. The minimum atomic E-state index is 0.0360. The fourth-order valence-corrected chi connectivity index (χ4v) is 6.79. The van der Waals surface area contributed by atoms with Crippen LogP contribution in [-0.4, -0.2) is 56.1 Å². The van der Waals surface area contributed by atoms with Crippen molar-refractivity contribution < 1.29 is 14.3 Å². The number of nitrogens with zero attached hydrogens (tertiary/aromatic N) is 1. The number of hydrogen-bond acceptors (Lipinski definition) is 6. The van der Waals surface area contributed by atoms with Crippen molar-refractivity contribution in [1.82, 2.24) is 10.2 Å². The van der Waals surface area contributed by atoms with Crippen LogP contribution in [0.5, 0.6) is 11.5 Å². The fourth-order valence-electron chi connectivity index (χ4n) is 5.59. The maximum atomic E-state index is 13.9. The molecule has 0 aliphatic carbocycles. The third kappa shape index (κ3) is 6.19. The summed E-state index contributed by atoms with van der Waals surface area (Å²) in [5, 5.41) is 4.51. The van der Waals surface area contributed by atoms with E-state index in [9.17, 15) is 4.79 Å². The van der Waals surface area contributed by atoms with Gasteiger partial charge in [0.15, 0.2) is 5.78 Å². The Morgan fingerprint density at radius 2 is 1.62 bits per heavy atom. The Hall–Kier alpha value is -3.19. The van der Waals surface area contributed by atoms with E-state index >= 15 is 0 Å². The highest BCUT2D eigenvalue weighted by molar-refractivity contribution is 7.22. The predicted octanol–water partition coefficient (Wildman–Crippen LogP) is 6.79. The van der Waals surface area contributed by atoms with Gasteiger partial charge in [-0.05, 0) is 105 Å². The first-order valence-corrected chi connectivity index (χ1v) is 15.0. The lowest BCUT2D eigenvalue weighted by atomic mass is 9.97. The molecule has 6 heteroatoms. The van der Waals surface area contributed by atoms with Gasteiger partial charge in [-0.1, -0.05) is 24.6 Å². The van der Waals surface area contributed by atoms with Crippen molar-refractivity contribution >= 4 is 27.2 Å². The van der Waals surface area contributed by atoms with Gasteiger partial charge >= 0.3 is 0 Å². The van der Waals surface area contributed by atoms with Crippen LogP contribution in [0, 0.1) is 0 Å². The summed E-state index contributed by atoms with van der Waals surface area (Å²) in [6.45, 7) is 5.75. The summed E-state index contributed by atoms with van der Waals surface area (Å²) in [4.78, 5) is 17.3. The number of ketones is 1. The predicted molar refractivity (Wildman–Crippen MR) is 159 cm³/mol. The van der Waals surface area contributed by atoms with Gasteiger partial charge in [-0.3, -0.25) is 9.69 Å². The number of hydrogen-bond donors (Lipinski definition) is 1. The summed E-state index contributed by atoms with van der Waals surface area (Å²) in [7, 11) is 0. The second-order valence-electron chi connectivity index (χ2n) is 10.5. The second kappa shape index (κ2) is 12.3. The van der Waals surface area contributed by atoms with Crippen molar-refractivity contribution in [2.24, 2.45) is 0 Å². The minimum absolute atomic E-state index is 0.0360. The molecule has 2 aliphatic heterocycles. The van der Waals surface area contributed by atoms with Gasteiger partial charge in [-0.15, -0.1) is 11.3 Å². The standard InChI is InChI=1S/C33H36N2O3S/c36-32(24-10-14-28(15-11-24)38-23-26-7-3-4-18-34-26)31-29-8-1-2-9-30(29)39-33(31)25-12-16-27(17-13-25)37-22-21-35-19-5-6-20-35/h1-2,8-17,26,34H,3-7,18-23H2. The summed E-state index contributed by atoms with van der Waals surface area (Å²) in [6, 6.07) is 24.4. The highest BCUT2D eigenvalue weighted by Gasteiger charge is 2.22. The lowest BCUT2D eigenvalue weighted by molar-refractivity contribution is 0.104. The van der Waals surface area contributed by atoms with E-state index in [1.54, 1.807) is 11.3 Å². The van der Waals surface area contributed by atoms with E-state index in [2.05, 4.69) is 28.4 Å². The Kier molecular flexibility index (Phi) is 8.24. The Morgan fingerprint density at radius 1 is 0.872 bits per heavy atom. The molecule has 0 bridgehead atoms. The van der Waals surface area contributed by atoms with Crippen molar-refractivity contribution in [2.75, 3.05) is 39.4 Å². The zero-order valence-corrected chi connectivity index (χ0v) is 23.2. The average Bonchev–Trinajstić information content (AvgIpc) is 3.65. The van der Waals surface area contributed by atoms with Gasteiger partial charge in [0, 0.05) is 38.7 Å². The average molecular weight is 541 g/mol. The lowest BCUT2D eigenvalue weighted by Crippen LogP contribution is -2.38. The number of thiophene rings is 1. The fraction of sp³-hybridized carbons (Fsp3) is 0.364. The Morgan fingerprint density at radius 3 is 2.38 bits per heavy atom. The number of likely N-dealkylation sites (tertiary alicyclic amines) is 1. The third-order valence-electron chi connectivity index (χ3n) is 7.79. The van der Waals surface area contributed by atoms with E-state index in [0.29, 0.717) is 24.8 Å². The summed E-state index contributed by atoms with van der Waals surface area (Å²) in [5.41, 5.74) is 2.47. The summed E-state index contributed by atoms with van der Waals surface area (Å²) in [5.74, 6) is 1.70. The van der Waals surface area contributed by atoms with Crippen molar-refractivity contribution in [1.29, 1.82) is 0 Å². The molecule has 2 saturated heterocycles. The van der Waals surface area contributed by atoms with Crippen molar-refractivity contribution in [3.05, 3.63) is 83.9 Å². The first kappa shape index (κ1) is 26.1. The molecule has 1 N–H and O–H groups in total. The van der Waals surface area contributed by atoms with E-state index in [0.717, 1.165) is 57.1 Å². The van der Waals surface area contributed by atoms with Crippen LogP contribution in [0.25, 0.3) is 20.5 Å². The van der Waals surface area contributed by atoms with Gasteiger partial charge in [0.05, 0.1) is 0 Å². The molecule has 4 aromatic rings. The van der Waals surface area contributed by atoms with Crippen LogP contribution < -0.4 is 14.8 Å². The zero-order valence-electron chi connectivity index (χ0n) is 22.4. The van der Waals surface area contributed by atoms with Crippen molar-refractivity contribution in [3.63, 3.8) is 0 Å². The van der Waals surface area contributed by atoms with E-state index in [1.807, 2.05) is 54.6 Å². The zero-order chi connectivity index (χ0) is 26.4. The molecule has 0 amide bonds. The molecule has 39 heavy (non-hydrogen) atoms. The van der Waals surface area contributed by atoms with Crippen LogP contribution >= 0.6 is 11.3 Å². The number of benzene rings is 3. The summed E-state index contributed by atoms with van der Waals surface area (Å²) < 4.78 is 13.1. The van der Waals surface area contributed by atoms with Gasteiger partial charge in [0.1, 0.15) is 24.7 Å². The topological polar surface area (TPSA) is 50.8 Å². The highest BCUT2D eigenvalue weighted by Crippen LogP contribution is 2.40. The van der Waals surface area contributed by atoms with Crippen LogP contribution in [0.4, 0.5) is 0 Å². The molecule has 3 aromatic carbocycles.